The summed E-state index contributed by atoms with van der Waals surface area (Å²) in [5, 5.41) is 14.8. The highest BCUT2D eigenvalue weighted by Crippen LogP contribution is 2.42. The average molecular weight is 352 g/mol. The van der Waals surface area contributed by atoms with Crippen molar-refractivity contribution in [2.45, 2.75) is 18.6 Å². The van der Waals surface area contributed by atoms with Crippen LogP contribution >= 0.6 is 23.2 Å². The Hall–Kier alpha value is -1.10. The highest BCUT2D eigenvalue weighted by molar-refractivity contribution is 6.33. The van der Waals surface area contributed by atoms with Crippen LogP contribution in [0.15, 0.2) is 42.5 Å². The summed E-state index contributed by atoms with van der Waals surface area (Å²) in [4.78, 5) is 0. The maximum atomic E-state index is 10.2. The SMILES string of the molecule is CC(O)c1ccccc1C1(c2cc(Cl)ccc2Cl)CNCCO1. The van der Waals surface area contributed by atoms with Gasteiger partial charge in [0.25, 0.3) is 0 Å². The summed E-state index contributed by atoms with van der Waals surface area (Å²) in [7, 11) is 0. The minimum Gasteiger partial charge on any atom is -0.389 e. The number of benzene rings is 2. The van der Waals surface area contributed by atoms with Crippen LogP contribution in [0, 0.1) is 0 Å². The largest absolute Gasteiger partial charge is 0.389 e. The fourth-order valence-corrected chi connectivity index (χ4v) is 3.58. The molecule has 3 rings (SSSR count). The quantitative estimate of drug-likeness (QED) is 0.880. The van der Waals surface area contributed by atoms with Crippen LogP contribution in [0.3, 0.4) is 0 Å². The first-order chi connectivity index (χ1) is 11.0. The average Bonchev–Trinajstić information content (AvgIpc) is 2.57. The topological polar surface area (TPSA) is 41.5 Å². The third-order valence-electron chi connectivity index (χ3n) is 4.21. The molecule has 1 heterocycles. The van der Waals surface area contributed by atoms with Crippen LogP contribution in [-0.2, 0) is 10.3 Å². The Morgan fingerprint density at radius 2 is 1.96 bits per heavy atom. The van der Waals surface area contributed by atoms with E-state index in [0.29, 0.717) is 23.2 Å². The molecular weight excluding hydrogens is 333 g/mol. The molecule has 1 fully saturated rings. The van der Waals surface area contributed by atoms with E-state index in [4.69, 9.17) is 27.9 Å². The van der Waals surface area contributed by atoms with E-state index in [9.17, 15) is 5.11 Å². The van der Waals surface area contributed by atoms with E-state index in [1.165, 1.54) is 0 Å². The molecule has 2 N–H and O–H groups in total. The summed E-state index contributed by atoms with van der Waals surface area (Å²) < 4.78 is 6.25. The van der Waals surface area contributed by atoms with Gasteiger partial charge in [0.05, 0.1) is 12.7 Å². The molecule has 5 heteroatoms. The number of morpholine rings is 1. The Bertz CT molecular complexity index is 697. The number of nitrogens with one attached hydrogen (secondary N) is 1. The number of aliphatic hydroxyl groups is 1. The summed E-state index contributed by atoms with van der Waals surface area (Å²) in [6.07, 6.45) is -0.605. The number of ether oxygens (including phenoxy) is 1. The Morgan fingerprint density at radius 1 is 1.17 bits per heavy atom. The van der Waals surface area contributed by atoms with Crippen LogP contribution in [0.4, 0.5) is 0 Å². The first kappa shape index (κ1) is 16.7. The van der Waals surface area contributed by atoms with E-state index in [2.05, 4.69) is 5.32 Å². The lowest BCUT2D eigenvalue weighted by atomic mass is 9.81. The normalized spacial score (nSPS) is 22.8. The molecule has 0 spiro atoms. The van der Waals surface area contributed by atoms with E-state index >= 15 is 0 Å². The van der Waals surface area contributed by atoms with E-state index in [1.54, 1.807) is 19.1 Å². The number of hydrogen-bond donors (Lipinski definition) is 2. The molecule has 3 nitrogen and oxygen atoms in total. The van der Waals surface area contributed by atoms with Crippen molar-refractivity contribution in [3.05, 3.63) is 69.2 Å². The molecule has 2 aromatic carbocycles. The molecule has 0 radical (unpaired) electrons. The van der Waals surface area contributed by atoms with Gasteiger partial charge in [-0.2, -0.15) is 0 Å². The van der Waals surface area contributed by atoms with E-state index in [1.807, 2.05) is 30.3 Å². The van der Waals surface area contributed by atoms with Gasteiger partial charge in [-0.3, -0.25) is 0 Å². The van der Waals surface area contributed by atoms with E-state index < -0.39 is 11.7 Å². The van der Waals surface area contributed by atoms with Crippen molar-refractivity contribution < 1.29 is 9.84 Å². The van der Waals surface area contributed by atoms with Crippen molar-refractivity contribution >= 4 is 23.2 Å². The molecule has 0 bridgehead atoms. The maximum Gasteiger partial charge on any atom is 0.132 e. The maximum absolute atomic E-state index is 10.2. The number of aliphatic hydroxyl groups excluding tert-OH is 1. The second kappa shape index (κ2) is 6.80. The van der Waals surface area contributed by atoms with E-state index in [-0.39, 0.29) is 0 Å². The summed E-state index contributed by atoms with van der Waals surface area (Å²) in [5.74, 6) is 0. The van der Waals surface area contributed by atoms with Gasteiger partial charge in [0.15, 0.2) is 0 Å². The van der Waals surface area contributed by atoms with Gasteiger partial charge in [0.1, 0.15) is 5.60 Å². The van der Waals surface area contributed by atoms with Gasteiger partial charge < -0.3 is 15.2 Å². The van der Waals surface area contributed by atoms with Gasteiger partial charge >= 0.3 is 0 Å². The minimum atomic E-state index is -0.770. The van der Waals surface area contributed by atoms with Crippen molar-refractivity contribution in [2.24, 2.45) is 0 Å². The lowest BCUT2D eigenvalue weighted by molar-refractivity contribution is -0.0419. The number of rotatable bonds is 3. The van der Waals surface area contributed by atoms with Gasteiger partial charge in [-0.25, -0.2) is 0 Å². The summed E-state index contributed by atoms with van der Waals surface area (Å²) in [6.45, 7) is 3.65. The Balaban J connectivity index is 2.24. The first-order valence-corrected chi connectivity index (χ1v) is 8.38. The highest BCUT2D eigenvalue weighted by atomic mass is 35.5. The predicted octanol–water partition coefficient (Wildman–Crippen LogP) is 3.91. The van der Waals surface area contributed by atoms with Gasteiger partial charge in [-0.15, -0.1) is 0 Å². The van der Waals surface area contributed by atoms with Crippen molar-refractivity contribution in [2.75, 3.05) is 19.7 Å². The predicted molar refractivity (Wildman–Crippen MR) is 93.1 cm³/mol. The van der Waals surface area contributed by atoms with Gasteiger partial charge in [-0.1, -0.05) is 47.5 Å². The molecular formula is C18H19Cl2NO2. The van der Waals surface area contributed by atoms with Crippen molar-refractivity contribution in [3.8, 4) is 0 Å². The standard InChI is InChI=1S/C18H19Cl2NO2/c1-12(22)14-4-2-3-5-15(14)18(11-21-8-9-23-18)16-10-13(19)6-7-17(16)20/h2-7,10,12,21-22H,8-9,11H2,1H3. The fourth-order valence-electron chi connectivity index (χ4n) is 3.14. The van der Waals surface area contributed by atoms with Crippen LogP contribution in [0.1, 0.15) is 29.7 Å². The molecule has 0 saturated carbocycles. The summed E-state index contributed by atoms with van der Waals surface area (Å²) >= 11 is 12.7. The number of hydrogen-bond acceptors (Lipinski definition) is 3. The summed E-state index contributed by atoms with van der Waals surface area (Å²) in [5.41, 5.74) is 1.78. The highest BCUT2D eigenvalue weighted by Gasteiger charge is 2.41. The van der Waals surface area contributed by atoms with Crippen LogP contribution in [0.5, 0.6) is 0 Å². The lowest BCUT2D eigenvalue weighted by Gasteiger charge is -2.40. The van der Waals surface area contributed by atoms with Crippen molar-refractivity contribution in [1.82, 2.24) is 5.32 Å². The molecule has 1 saturated heterocycles. The molecule has 1 aliphatic rings. The third kappa shape index (κ3) is 3.12. The molecule has 0 aromatic heterocycles. The second-order valence-corrected chi connectivity index (χ2v) is 6.58. The van der Waals surface area contributed by atoms with E-state index in [0.717, 1.165) is 23.2 Å². The molecule has 122 valence electrons. The number of halogens is 2. The van der Waals surface area contributed by atoms with Crippen LogP contribution in [0.2, 0.25) is 10.0 Å². The fraction of sp³-hybridized carbons (Fsp3) is 0.333. The Labute approximate surface area is 146 Å². The molecule has 0 amide bonds. The monoisotopic (exact) mass is 351 g/mol. The Kier molecular flexibility index (Phi) is 4.95. The minimum absolute atomic E-state index is 0.553. The molecule has 1 aliphatic heterocycles. The molecule has 2 aromatic rings. The van der Waals surface area contributed by atoms with Gasteiger partial charge in [0, 0.05) is 28.7 Å². The molecule has 0 aliphatic carbocycles. The smallest absolute Gasteiger partial charge is 0.132 e. The zero-order chi connectivity index (χ0) is 16.4. The first-order valence-electron chi connectivity index (χ1n) is 7.62. The van der Waals surface area contributed by atoms with Crippen LogP contribution in [0.25, 0.3) is 0 Å². The zero-order valence-electron chi connectivity index (χ0n) is 12.9. The second-order valence-electron chi connectivity index (χ2n) is 5.74. The summed E-state index contributed by atoms with van der Waals surface area (Å²) in [6, 6.07) is 13.1. The van der Waals surface area contributed by atoms with Crippen LogP contribution in [-0.4, -0.2) is 24.8 Å². The Morgan fingerprint density at radius 3 is 2.65 bits per heavy atom. The van der Waals surface area contributed by atoms with Crippen LogP contribution < -0.4 is 5.32 Å². The third-order valence-corrected chi connectivity index (χ3v) is 4.78. The molecule has 2 atom stereocenters. The molecule has 2 unspecified atom stereocenters. The van der Waals surface area contributed by atoms with Crippen molar-refractivity contribution in [1.29, 1.82) is 0 Å². The zero-order valence-corrected chi connectivity index (χ0v) is 14.4. The van der Waals surface area contributed by atoms with Gasteiger partial charge in [0.2, 0.25) is 0 Å². The lowest BCUT2D eigenvalue weighted by Crippen LogP contribution is -2.49. The van der Waals surface area contributed by atoms with Crippen molar-refractivity contribution in [3.63, 3.8) is 0 Å². The van der Waals surface area contributed by atoms with Gasteiger partial charge in [-0.05, 0) is 36.2 Å². The molecule has 23 heavy (non-hydrogen) atoms.